The van der Waals surface area contributed by atoms with Crippen molar-refractivity contribution in [2.45, 2.75) is 6.54 Å². The zero-order valence-corrected chi connectivity index (χ0v) is 14.9. The highest BCUT2D eigenvalue weighted by molar-refractivity contribution is 7.13. The summed E-state index contributed by atoms with van der Waals surface area (Å²) >= 11 is 1.61. The molecule has 1 aromatic carbocycles. The molecule has 4 aromatic rings. The zero-order chi connectivity index (χ0) is 17.3. The minimum Gasteiger partial charge on any atom is -0.423 e. The fraction of sp³-hybridized carbons (Fsp3) is 0.278. The summed E-state index contributed by atoms with van der Waals surface area (Å²) in [5.74, 6) is 1.32. The van der Waals surface area contributed by atoms with Crippen LogP contribution in [0.5, 0.6) is 0 Å². The van der Waals surface area contributed by atoms with Gasteiger partial charge in [0.1, 0.15) is 5.52 Å². The normalized spacial score (nSPS) is 15.8. The lowest BCUT2D eigenvalue weighted by Gasteiger charge is -2.32. The van der Waals surface area contributed by atoms with E-state index in [9.17, 15) is 0 Å². The van der Waals surface area contributed by atoms with E-state index in [1.807, 2.05) is 41.8 Å². The van der Waals surface area contributed by atoms with E-state index < -0.39 is 0 Å². The van der Waals surface area contributed by atoms with E-state index >= 15 is 0 Å². The van der Waals surface area contributed by atoms with Crippen LogP contribution in [0, 0.1) is 0 Å². The van der Waals surface area contributed by atoms with Crippen molar-refractivity contribution in [1.29, 1.82) is 0 Å². The van der Waals surface area contributed by atoms with Gasteiger partial charge in [-0.3, -0.25) is 4.90 Å². The predicted molar refractivity (Wildman–Crippen MR) is 99.1 cm³/mol. The number of hydrogen-bond acceptors (Lipinski definition) is 8. The molecule has 4 heterocycles. The Morgan fingerprint density at radius 3 is 2.69 bits per heavy atom. The quantitative estimate of drug-likeness (QED) is 0.548. The van der Waals surface area contributed by atoms with Crippen LogP contribution >= 0.6 is 11.3 Å². The molecule has 1 fully saturated rings. The second-order valence-corrected chi connectivity index (χ2v) is 7.16. The summed E-state index contributed by atoms with van der Waals surface area (Å²) in [5.41, 5.74) is 1.73. The van der Waals surface area contributed by atoms with Crippen molar-refractivity contribution < 1.29 is 8.94 Å². The Hall–Kier alpha value is -2.71. The molecule has 0 N–H and O–H groups in total. The summed E-state index contributed by atoms with van der Waals surface area (Å²) in [6.07, 6.45) is 0. The fourth-order valence-electron chi connectivity index (χ4n) is 3.11. The molecule has 7 nitrogen and oxygen atoms in total. The lowest BCUT2D eigenvalue weighted by molar-refractivity contribution is 0.213. The largest absolute Gasteiger partial charge is 0.423 e. The predicted octanol–water partition coefficient (Wildman–Crippen LogP) is 3.26. The molecule has 1 aliphatic rings. The van der Waals surface area contributed by atoms with Crippen molar-refractivity contribution >= 4 is 28.5 Å². The molecule has 8 heteroatoms. The molecule has 0 bridgehead atoms. The van der Waals surface area contributed by atoms with E-state index in [0.717, 1.165) is 42.2 Å². The van der Waals surface area contributed by atoms with E-state index in [2.05, 4.69) is 24.9 Å². The van der Waals surface area contributed by atoms with Crippen LogP contribution in [0.2, 0.25) is 0 Å². The molecular formula is C18H17N5O2S. The van der Waals surface area contributed by atoms with Gasteiger partial charge >= 0.3 is 0 Å². The third kappa shape index (κ3) is 2.97. The van der Waals surface area contributed by atoms with E-state index in [4.69, 9.17) is 8.94 Å². The van der Waals surface area contributed by atoms with Gasteiger partial charge in [-0.05, 0) is 23.6 Å². The first-order chi connectivity index (χ1) is 12.8. The highest BCUT2D eigenvalue weighted by atomic mass is 32.1. The Balaban J connectivity index is 1.22. The highest BCUT2D eigenvalue weighted by Crippen LogP contribution is 2.24. The van der Waals surface area contributed by atoms with Crippen LogP contribution in [0.4, 0.5) is 6.01 Å². The van der Waals surface area contributed by atoms with Crippen LogP contribution in [-0.4, -0.2) is 46.2 Å². The molecule has 3 aromatic heterocycles. The number of aromatic nitrogens is 3. The van der Waals surface area contributed by atoms with Gasteiger partial charge in [-0.1, -0.05) is 23.4 Å². The van der Waals surface area contributed by atoms with Crippen LogP contribution in [0.25, 0.3) is 21.8 Å². The summed E-state index contributed by atoms with van der Waals surface area (Å²) < 4.78 is 11.3. The molecule has 0 saturated carbocycles. The standard InChI is InChI=1S/C18H17N5O2S/c1-2-5-14-13(4-1)19-18(24-14)23-9-7-22(8-10-23)12-16-20-17(21-25-16)15-6-3-11-26-15/h1-6,11H,7-10,12H2. The van der Waals surface area contributed by atoms with Crippen molar-refractivity contribution in [2.24, 2.45) is 0 Å². The SMILES string of the molecule is c1csc(-c2noc(CN3CCN(c4nc5ccccc5o4)CC3)n2)c1. The van der Waals surface area contributed by atoms with Gasteiger partial charge in [-0.15, -0.1) is 11.3 Å². The Morgan fingerprint density at radius 2 is 1.88 bits per heavy atom. The highest BCUT2D eigenvalue weighted by Gasteiger charge is 2.22. The second-order valence-electron chi connectivity index (χ2n) is 6.22. The van der Waals surface area contributed by atoms with Crippen molar-refractivity contribution in [3.63, 3.8) is 0 Å². The minimum atomic E-state index is 0.656. The molecule has 1 saturated heterocycles. The van der Waals surface area contributed by atoms with Gasteiger partial charge in [-0.2, -0.15) is 9.97 Å². The summed E-state index contributed by atoms with van der Waals surface area (Å²) in [4.78, 5) is 14.6. The maximum absolute atomic E-state index is 5.86. The number of benzene rings is 1. The van der Waals surface area contributed by atoms with Gasteiger partial charge < -0.3 is 13.8 Å². The lowest BCUT2D eigenvalue weighted by atomic mass is 10.3. The fourth-order valence-corrected chi connectivity index (χ4v) is 3.76. The number of thiophene rings is 1. The van der Waals surface area contributed by atoms with E-state index in [0.29, 0.717) is 24.3 Å². The van der Waals surface area contributed by atoms with Crippen LogP contribution < -0.4 is 4.90 Å². The summed E-state index contributed by atoms with van der Waals surface area (Å²) in [7, 11) is 0. The number of para-hydroxylation sites is 2. The maximum atomic E-state index is 5.86. The van der Waals surface area contributed by atoms with E-state index in [1.165, 1.54) is 0 Å². The minimum absolute atomic E-state index is 0.656. The van der Waals surface area contributed by atoms with Gasteiger partial charge in [0.25, 0.3) is 6.01 Å². The van der Waals surface area contributed by atoms with Gasteiger partial charge in [0, 0.05) is 26.2 Å². The molecule has 5 rings (SSSR count). The first kappa shape index (κ1) is 15.5. The lowest BCUT2D eigenvalue weighted by Crippen LogP contribution is -2.46. The monoisotopic (exact) mass is 367 g/mol. The molecule has 0 radical (unpaired) electrons. The van der Waals surface area contributed by atoms with Gasteiger partial charge in [0.15, 0.2) is 5.58 Å². The molecule has 1 aliphatic heterocycles. The Kier molecular flexibility index (Phi) is 3.91. The number of rotatable bonds is 4. The van der Waals surface area contributed by atoms with Crippen LogP contribution in [0.15, 0.2) is 50.7 Å². The number of oxazole rings is 1. The summed E-state index contributed by atoms with van der Waals surface area (Å²) in [6.45, 7) is 4.18. The van der Waals surface area contributed by atoms with E-state index in [-0.39, 0.29) is 0 Å². The Labute approximate surface area is 153 Å². The van der Waals surface area contributed by atoms with Crippen LogP contribution in [-0.2, 0) is 6.54 Å². The molecule has 0 amide bonds. The number of piperazine rings is 1. The number of anilines is 1. The third-order valence-corrected chi connectivity index (χ3v) is 5.36. The van der Waals surface area contributed by atoms with Crippen molar-refractivity contribution in [2.75, 3.05) is 31.1 Å². The second kappa shape index (κ2) is 6.54. The van der Waals surface area contributed by atoms with Crippen LogP contribution in [0.3, 0.4) is 0 Å². The van der Waals surface area contributed by atoms with E-state index in [1.54, 1.807) is 11.3 Å². The first-order valence-electron chi connectivity index (χ1n) is 8.54. The van der Waals surface area contributed by atoms with Crippen molar-refractivity contribution in [3.05, 3.63) is 47.7 Å². The summed E-state index contributed by atoms with van der Waals surface area (Å²) in [5, 5.41) is 6.08. The Bertz CT molecular complexity index is 969. The topological polar surface area (TPSA) is 71.4 Å². The maximum Gasteiger partial charge on any atom is 0.298 e. The van der Waals surface area contributed by atoms with Crippen LogP contribution in [0.1, 0.15) is 5.89 Å². The molecule has 0 aliphatic carbocycles. The van der Waals surface area contributed by atoms with Crippen molar-refractivity contribution in [1.82, 2.24) is 20.0 Å². The first-order valence-corrected chi connectivity index (χ1v) is 9.42. The molecule has 0 spiro atoms. The number of hydrogen-bond donors (Lipinski definition) is 0. The number of fused-ring (bicyclic) bond motifs is 1. The molecular weight excluding hydrogens is 350 g/mol. The summed E-state index contributed by atoms with van der Waals surface area (Å²) in [6, 6.07) is 12.5. The van der Waals surface area contributed by atoms with Crippen molar-refractivity contribution in [3.8, 4) is 10.7 Å². The molecule has 26 heavy (non-hydrogen) atoms. The molecule has 0 atom stereocenters. The third-order valence-electron chi connectivity index (χ3n) is 4.49. The molecule has 0 unspecified atom stereocenters. The zero-order valence-electron chi connectivity index (χ0n) is 14.0. The Morgan fingerprint density at radius 1 is 1.00 bits per heavy atom. The van der Waals surface area contributed by atoms with Gasteiger partial charge in [0.05, 0.1) is 11.4 Å². The average molecular weight is 367 g/mol. The smallest absolute Gasteiger partial charge is 0.298 e. The van der Waals surface area contributed by atoms with Gasteiger partial charge in [0.2, 0.25) is 11.7 Å². The number of nitrogens with zero attached hydrogens (tertiary/aromatic N) is 5. The average Bonchev–Trinajstić information content (AvgIpc) is 3.42. The van der Waals surface area contributed by atoms with Gasteiger partial charge in [-0.25, -0.2) is 0 Å². The molecule has 132 valence electrons.